The highest BCUT2D eigenvalue weighted by Gasteiger charge is 2.17. The summed E-state index contributed by atoms with van der Waals surface area (Å²) < 4.78 is 0. The fourth-order valence-corrected chi connectivity index (χ4v) is 5.69. The zero-order chi connectivity index (χ0) is 36.4. The molecule has 0 saturated heterocycles. The molecular weight excluding hydrogens is 615 g/mol. The fraction of sp³-hybridized carbons (Fsp3) is 0.674. The number of unbranched alkanes of at least 4 members (excludes halogenated alkanes) is 17. The fourth-order valence-electron chi connectivity index (χ4n) is 5.69. The van der Waals surface area contributed by atoms with E-state index >= 15 is 0 Å². The minimum Gasteiger partial charge on any atom is -0.394 e. The Balaban J connectivity index is 3.72. The van der Waals surface area contributed by atoms with Crippen LogP contribution in [-0.2, 0) is 4.79 Å². The number of nitrogens with one attached hydrogen (secondary N) is 1. The second-order valence-electron chi connectivity index (χ2n) is 13.7. The molecule has 3 N–H and O–H groups in total. The Hall–Kier alpha value is -2.43. The normalized spacial score (nSPS) is 13.9. The van der Waals surface area contributed by atoms with Gasteiger partial charge in [0.1, 0.15) is 0 Å². The van der Waals surface area contributed by atoms with Gasteiger partial charge < -0.3 is 15.5 Å². The Morgan fingerprint density at radius 3 is 1.40 bits per heavy atom. The number of allylic oxidation sites excluding steroid dienone is 13. The van der Waals surface area contributed by atoms with Crippen molar-refractivity contribution in [3.05, 3.63) is 85.1 Å². The van der Waals surface area contributed by atoms with E-state index in [4.69, 9.17) is 0 Å². The summed E-state index contributed by atoms with van der Waals surface area (Å²) in [5, 5.41) is 22.9. The van der Waals surface area contributed by atoms with Crippen LogP contribution in [0.15, 0.2) is 85.1 Å². The molecule has 0 aromatic heterocycles. The van der Waals surface area contributed by atoms with E-state index in [1.165, 1.54) is 83.5 Å². The molecule has 0 aliphatic carbocycles. The van der Waals surface area contributed by atoms with E-state index in [1.54, 1.807) is 6.08 Å². The standard InChI is InChI=1S/C46H79NO3/c1-3-5-7-9-11-13-15-17-19-21-22-23-24-26-28-30-32-34-36-38-40-42-46(50)47-44(43-48)45(49)41-39-37-35-33-31-29-27-25-20-18-16-14-12-10-8-6-4-2/h5,7,11,13,17,19,22-23,26,28,31,33,39,41,44-45,48-49H,3-4,6,8-10,12,14-16,18,20-21,24-25,27,29-30,32,34-38,40,42-43H2,1-2H3,(H,47,50)/b7-5-,13-11-,19-17-,23-22-,28-26-,33-31+,41-39+. The van der Waals surface area contributed by atoms with Gasteiger partial charge in [-0.25, -0.2) is 0 Å². The van der Waals surface area contributed by atoms with Gasteiger partial charge in [-0.15, -0.1) is 0 Å². The van der Waals surface area contributed by atoms with E-state index in [2.05, 4.69) is 92.1 Å². The molecule has 0 heterocycles. The number of carbonyl (C=O) groups is 1. The Morgan fingerprint density at radius 1 is 0.500 bits per heavy atom. The molecule has 0 aromatic carbocycles. The summed E-state index contributed by atoms with van der Waals surface area (Å²) in [6.45, 7) is 4.16. The first-order valence-electron chi connectivity index (χ1n) is 20.8. The SMILES string of the molecule is CC/C=C\C/C=C\C/C=C\C/C=C\C/C=C\CCCCCCCC(=O)NC(CO)C(O)/C=C/CC/C=C/CCCCCCCCCCCCC. The molecule has 2 unspecified atom stereocenters. The summed E-state index contributed by atoms with van der Waals surface area (Å²) in [4.78, 5) is 12.4. The average molecular weight is 694 g/mol. The predicted octanol–water partition coefficient (Wildman–Crippen LogP) is 12.9. The third kappa shape index (κ3) is 36.8. The number of amides is 1. The van der Waals surface area contributed by atoms with E-state index in [1.807, 2.05) is 6.08 Å². The van der Waals surface area contributed by atoms with Crippen LogP contribution in [-0.4, -0.2) is 34.9 Å². The highest BCUT2D eigenvalue weighted by molar-refractivity contribution is 5.76. The van der Waals surface area contributed by atoms with Crippen LogP contribution in [0.2, 0.25) is 0 Å². The van der Waals surface area contributed by atoms with Gasteiger partial charge in [-0.2, -0.15) is 0 Å². The number of aliphatic hydroxyl groups is 2. The molecule has 1 amide bonds. The van der Waals surface area contributed by atoms with E-state index in [9.17, 15) is 15.0 Å². The van der Waals surface area contributed by atoms with Crippen molar-refractivity contribution in [1.29, 1.82) is 0 Å². The van der Waals surface area contributed by atoms with Crippen molar-refractivity contribution >= 4 is 5.91 Å². The lowest BCUT2D eigenvalue weighted by Crippen LogP contribution is -2.45. The number of rotatable bonds is 36. The molecule has 0 aliphatic rings. The summed E-state index contributed by atoms with van der Waals surface area (Å²) in [7, 11) is 0. The summed E-state index contributed by atoms with van der Waals surface area (Å²) in [6.07, 6.45) is 59.6. The average Bonchev–Trinajstić information content (AvgIpc) is 3.12. The topological polar surface area (TPSA) is 69.6 Å². The Bertz CT molecular complexity index is 926. The Morgan fingerprint density at radius 2 is 0.900 bits per heavy atom. The van der Waals surface area contributed by atoms with Crippen LogP contribution in [0.3, 0.4) is 0 Å². The second kappa shape index (κ2) is 41.0. The minimum absolute atomic E-state index is 0.0966. The maximum atomic E-state index is 12.4. The molecule has 4 heteroatoms. The molecule has 4 nitrogen and oxygen atoms in total. The lowest BCUT2D eigenvalue weighted by Gasteiger charge is -2.19. The van der Waals surface area contributed by atoms with E-state index in [0.29, 0.717) is 6.42 Å². The number of hydrogen-bond acceptors (Lipinski definition) is 3. The van der Waals surface area contributed by atoms with Gasteiger partial charge in [-0.3, -0.25) is 4.79 Å². The molecule has 0 aromatic rings. The van der Waals surface area contributed by atoms with Gasteiger partial charge >= 0.3 is 0 Å². The van der Waals surface area contributed by atoms with Gasteiger partial charge in [0.05, 0.1) is 18.8 Å². The van der Waals surface area contributed by atoms with Crippen LogP contribution in [0.25, 0.3) is 0 Å². The molecule has 0 radical (unpaired) electrons. The monoisotopic (exact) mass is 694 g/mol. The Kier molecular flexibility index (Phi) is 39.0. The van der Waals surface area contributed by atoms with Crippen molar-refractivity contribution in [2.24, 2.45) is 0 Å². The first-order valence-corrected chi connectivity index (χ1v) is 20.8. The van der Waals surface area contributed by atoms with Crippen LogP contribution in [0, 0.1) is 0 Å². The van der Waals surface area contributed by atoms with E-state index < -0.39 is 12.1 Å². The quantitative estimate of drug-likeness (QED) is 0.0452. The summed E-state index contributed by atoms with van der Waals surface area (Å²) >= 11 is 0. The lowest BCUT2D eigenvalue weighted by atomic mass is 10.1. The molecule has 0 saturated carbocycles. The molecule has 2 atom stereocenters. The first kappa shape index (κ1) is 47.6. The van der Waals surface area contributed by atoms with Gasteiger partial charge in [0.25, 0.3) is 0 Å². The van der Waals surface area contributed by atoms with Gasteiger partial charge in [-0.1, -0.05) is 182 Å². The van der Waals surface area contributed by atoms with E-state index in [-0.39, 0.29) is 12.5 Å². The largest absolute Gasteiger partial charge is 0.394 e. The van der Waals surface area contributed by atoms with E-state index in [0.717, 1.165) is 77.0 Å². The summed E-state index contributed by atoms with van der Waals surface area (Å²) in [5.74, 6) is -0.0966. The van der Waals surface area contributed by atoms with Crippen molar-refractivity contribution in [3.8, 4) is 0 Å². The Labute approximate surface area is 310 Å². The van der Waals surface area contributed by atoms with Crippen LogP contribution in [0.1, 0.15) is 181 Å². The second-order valence-corrected chi connectivity index (χ2v) is 13.7. The van der Waals surface area contributed by atoms with Crippen LogP contribution >= 0.6 is 0 Å². The third-order valence-corrected chi connectivity index (χ3v) is 8.86. The zero-order valence-corrected chi connectivity index (χ0v) is 32.6. The van der Waals surface area contributed by atoms with Crippen molar-refractivity contribution in [1.82, 2.24) is 5.32 Å². The van der Waals surface area contributed by atoms with Gasteiger partial charge in [0.2, 0.25) is 5.91 Å². The maximum Gasteiger partial charge on any atom is 0.220 e. The number of aliphatic hydroxyl groups excluding tert-OH is 2. The smallest absolute Gasteiger partial charge is 0.220 e. The number of carbonyl (C=O) groups excluding carboxylic acids is 1. The molecule has 0 fully saturated rings. The molecule has 0 spiro atoms. The van der Waals surface area contributed by atoms with Crippen molar-refractivity contribution in [2.75, 3.05) is 6.61 Å². The maximum absolute atomic E-state index is 12.4. The van der Waals surface area contributed by atoms with Crippen LogP contribution in [0.5, 0.6) is 0 Å². The van der Waals surface area contributed by atoms with Crippen molar-refractivity contribution in [2.45, 2.75) is 193 Å². The van der Waals surface area contributed by atoms with Crippen molar-refractivity contribution < 1.29 is 15.0 Å². The lowest BCUT2D eigenvalue weighted by molar-refractivity contribution is -0.123. The molecule has 0 bridgehead atoms. The summed E-state index contributed by atoms with van der Waals surface area (Å²) in [6, 6.07) is -0.654. The highest BCUT2D eigenvalue weighted by Crippen LogP contribution is 2.13. The first-order chi connectivity index (χ1) is 24.7. The molecule has 0 rings (SSSR count). The van der Waals surface area contributed by atoms with Gasteiger partial charge in [0, 0.05) is 6.42 Å². The van der Waals surface area contributed by atoms with Crippen LogP contribution < -0.4 is 5.32 Å². The molecule has 50 heavy (non-hydrogen) atoms. The predicted molar refractivity (Wildman–Crippen MR) is 220 cm³/mol. The molecular formula is C46H79NO3. The minimum atomic E-state index is -0.875. The molecule has 286 valence electrons. The summed E-state index contributed by atoms with van der Waals surface area (Å²) in [5.41, 5.74) is 0. The third-order valence-electron chi connectivity index (χ3n) is 8.86. The van der Waals surface area contributed by atoms with Crippen molar-refractivity contribution in [3.63, 3.8) is 0 Å². The van der Waals surface area contributed by atoms with Gasteiger partial charge in [-0.05, 0) is 77.0 Å². The number of hydrogen-bond donors (Lipinski definition) is 3. The van der Waals surface area contributed by atoms with Crippen LogP contribution in [0.4, 0.5) is 0 Å². The highest BCUT2D eigenvalue weighted by atomic mass is 16.3. The zero-order valence-electron chi connectivity index (χ0n) is 32.6. The molecule has 0 aliphatic heterocycles. The van der Waals surface area contributed by atoms with Gasteiger partial charge in [0.15, 0.2) is 0 Å².